The minimum absolute atomic E-state index is 0.114. The molecule has 1 saturated carbocycles. The van der Waals surface area contributed by atoms with Crippen molar-refractivity contribution in [2.45, 2.75) is 51.3 Å². The monoisotopic (exact) mass is 278 g/mol. The summed E-state index contributed by atoms with van der Waals surface area (Å²) in [7, 11) is 2.02. The second kappa shape index (κ2) is 7.33. The topological polar surface area (TPSA) is 61.6 Å². The van der Waals surface area contributed by atoms with Crippen molar-refractivity contribution in [2.75, 3.05) is 6.54 Å². The number of aromatic nitrogens is 1. The van der Waals surface area contributed by atoms with Crippen molar-refractivity contribution in [1.29, 1.82) is 0 Å². The van der Waals surface area contributed by atoms with Gasteiger partial charge in [0.1, 0.15) is 0 Å². The number of rotatable bonds is 4. The standard InChI is InChI=1S/C15H26N4O/c1-3-16-15(17-10-12-8-9-19(2)11-12)18-13-4-6-14(20)7-5-13/h8-9,11,13-14,20H,3-7,10H2,1-2H3,(H2,16,17,18). The molecule has 3 N–H and O–H groups in total. The minimum atomic E-state index is -0.114. The first-order chi connectivity index (χ1) is 9.67. The minimum Gasteiger partial charge on any atom is -0.393 e. The number of hydrogen-bond acceptors (Lipinski definition) is 2. The third-order valence-corrected chi connectivity index (χ3v) is 3.69. The van der Waals surface area contributed by atoms with Crippen molar-refractivity contribution >= 4 is 5.96 Å². The van der Waals surface area contributed by atoms with Crippen molar-refractivity contribution < 1.29 is 5.11 Å². The van der Waals surface area contributed by atoms with Gasteiger partial charge >= 0.3 is 0 Å². The largest absolute Gasteiger partial charge is 0.393 e. The normalized spacial score (nSPS) is 23.6. The molecular weight excluding hydrogens is 252 g/mol. The fourth-order valence-electron chi connectivity index (χ4n) is 2.56. The molecule has 20 heavy (non-hydrogen) atoms. The van der Waals surface area contributed by atoms with E-state index >= 15 is 0 Å². The van der Waals surface area contributed by atoms with Crippen LogP contribution in [0.5, 0.6) is 0 Å². The van der Waals surface area contributed by atoms with Gasteiger partial charge in [-0.25, -0.2) is 4.99 Å². The van der Waals surface area contributed by atoms with Crippen LogP contribution in [0.15, 0.2) is 23.5 Å². The van der Waals surface area contributed by atoms with Crippen LogP contribution in [-0.2, 0) is 13.6 Å². The second-order valence-electron chi connectivity index (χ2n) is 5.53. The summed E-state index contributed by atoms with van der Waals surface area (Å²) in [6.45, 7) is 3.62. The number of aliphatic hydroxyl groups is 1. The van der Waals surface area contributed by atoms with Crippen molar-refractivity contribution in [3.05, 3.63) is 24.0 Å². The molecule has 1 heterocycles. The Labute approximate surface area is 121 Å². The fourth-order valence-corrected chi connectivity index (χ4v) is 2.56. The maximum Gasteiger partial charge on any atom is 0.191 e. The Morgan fingerprint density at radius 3 is 2.75 bits per heavy atom. The second-order valence-corrected chi connectivity index (χ2v) is 5.53. The number of aliphatic hydroxyl groups excluding tert-OH is 1. The molecule has 5 heteroatoms. The van der Waals surface area contributed by atoms with Crippen molar-refractivity contribution in [3.63, 3.8) is 0 Å². The predicted octanol–water partition coefficient (Wildman–Crippen LogP) is 1.38. The summed E-state index contributed by atoms with van der Waals surface area (Å²) in [5.41, 5.74) is 1.21. The van der Waals surface area contributed by atoms with Crippen LogP contribution >= 0.6 is 0 Å². The van der Waals surface area contributed by atoms with Gasteiger partial charge < -0.3 is 20.3 Å². The highest BCUT2D eigenvalue weighted by molar-refractivity contribution is 5.80. The first-order valence-electron chi connectivity index (χ1n) is 7.51. The lowest BCUT2D eigenvalue weighted by Gasteiger charge is -2.27. The van der Waals surface area contributed by atoms with Crippen LogP contribution in [0.2, 0.25) is 0 Å². The molecule has 0 atom stereocenters. The quantitative estimate of drug-likeness (QED) is 0.576. The van der Waals surface area contributed by atoms with Gasteiger partial charge in [-0.3, -0.25) is 0 Å². The first kappa shape index (κ1) is 14.9. The Bertz CT molecular complexity index is 433. The third kappa shape index (κ3) is 4.56. The lowest BCUT2D eigenvalue weighted by Crippen LogP contribution is -2.45. The molecule has 1 aromatic rings. The number of aliphatic imine (C=N–C) groups is 1. The molecule has 1 aromatic heterocycles. The summed E-state index contributed by atoms with van der Waals surface area (Å²) < 4.78 is 2.04. The van der Waals surface area contributed by atoms with E-state index in [-0.39, 0.29) is 6.10 Å². The highest BCUT2D eigenvalue weighted by atomic mass is 16.3. The van der Waals surface area contributed by atoms with Crippen LogP contribution in [0, 0.1) is 0 Å². The van der Waals surface area contributed by atoms with E-state index in [1.165, 1.54) is 5.56 Å². The average Bonchev–Trinajstić information content (AvgIpc) is 2.85. The Balaban J connectivity index is 1.88. The maximum atomic E-state index is 9.54. The highest BCUT2D eigenvalue weighted by Gasteiger charge is 2.19. The molecule has 2 rings (SSSR count). The predicted molar refractivity (Wildman–Crippen MR) is 81.6 cm³/mol. The van der Waals surface area contributed by atoms with Crippen molar-refractivity contribution in [1.82, 2.24) is 15.2 Å². The molecule has 0 radical (unpaired) electrons. The van der Waals surface area contributed by atoms with E-state index in [1.807, 2.05) is 17.8 Å². The summed E-state index contributed by atoms with van der Waals surface area (Å²) in [5.74, 6) is 0.873. The van der Waals surface area contributed by atoms with Gasteiger partial charge in [-0.15, -0.1) is 0 Å². The zero-order valence-electron chi connectivity index (χ0n) is 12.5. The molecule has 0 unspecified atom stereocenters. The van der Waals surface area contributed by atoms with Crippen LogP contribution in [0.25, 0.3) is 0 Å². The molecule has 1 aliphatic rings. The Morgan fingerprint density at radius 2 is 2.15 bits per heavy atom. The zero-order chi connectivity index (χ0) is 14.4. The molecule has 0 bridgehead atoms. The van der Waals surface area contributed by atoms with E-state index in [0.717, 1.165) is 38.2 Å². The van der Waals surface area contributed by atoms with Gasteiger partial charge in [0.15, 0.2) is 5.96 Å². The van der Waals surface area contributed by atoms with Gasteiger partial charge in [-0.1, -0.05) is 0 Å². The van der Waals surface area contributed by atoms with Crippen LogP contribution in [0.3, 0.4) is 0 Å². The van der Waals surface area contributed by atoms with E-state index in [9.17, 15) is 5.11 Å². The highest BCUT2D eigenvalue weighted by Crippen LogP contribution is 2.18. The molecule has 0 aliphatic heterocycles. The van der Waals surface area contributed by atoms with Crippen LogP contribution < -0.4 is 10.6 Å². The first-order valence-corrected chi connectivity index (χ1v) is 7.51. The average molecular weight is 278 g/mol. The van der Waals surface area contributed by atoms with Crippen LogP contribution in [0.1, 0.15) is 38.2 Å². The summed E-state index contributed by atoms with van der Waals surface area (Å²) in [5, 5.41) is 16.3. The summed E-state index contributed by atoms with van der Waals surface area (Å²) in [6.07, 6.45) is 7.80. The molecule has 0 amide bonds. The van der Waals surface area contributed by atoms with Gasteiger partial charge in [0, 0.05) is 32.0 Å². The number of nitrogens with zero attached hydrogens (tertiary/aromatic N) is 2. The van der Waals surface area contributed by atoms with Gasteiger partial charge in [-0.2, -0.15) is 0 Å². The summed E-state index contributed by atoms with van der Waals surface area (Å²) in [4.78, 5) is 4.63. The van der Waals surface area contributed by atoms with Gasteiger partial charge in [0.25, 0.3) is 0 Å². The fraction of sp³-hybridized carbons (Fsp3) is 0.667. The van der Waals surface area contributed by atoms with Crippen molar-refractivity contribution in [2.24, 2.45) is 12.0 Å². The van der Waals surface area contributed by atoms with E-state index in [4.69, 9.17) is 0 Å². The van der Waals surface area contributed by atoms with E-state index in [1.54, 1.807) is 0 Å². The number of hydrogen-bond donors (Lipinski definition) is 3. The lowest BCUT2D eigenvalue weighted by atomic mass is 9.93. The molecule has 0 saturated heterocycles. The van der Waals surface area contributed by atoms with Crippen LogP contribution in [0.4, 0.5) is 0 Å². The molecule has 112 valence electrons. The van der Waals surface area contributed by atoms with Gasteiger partial charge in [-0.05, 0) is 44.2 Å². The molecule has 1 fully saturated rings. The van der Waals surface area contributed by atoms with Gasteiger partial charge in [0.05, 0.1) is 12.6 Å². The van der Waals surface area contributed by atoms with Crippen LogP contribution in [-0.4, -0.2) is 34.3 Å². The van der Waals surface area contributed by atoms with E-state index < -0.39 is 0 Å². The number of nitrogens with one attached hydrogen (secondary N) is 2. The zero-order valence-corrected chi connectivity index (χ0v) is 12.5. The molecule has 0 spiro atoms. The third-order valence-electron chi connectivity index (χ3n) is 3.69. The SMILES string of the molecule is CCNC(=NCc1ccn(C)c1)NC1CCC(O)CC1. The molecule has 0 aromatic carbocycles. The summed E-state index contributed by atoms with van der Waals surface area (Å²) >= 11 is 0. The molecular formula is C15H26N4O. The van der Waals surface area contributed by atoms with Crippen molar-refractivity contribution in [3.8, 4) is 0 Å². The van der Waals surface area contributed by atoms with E-state index in [0.29, 0.717) is 12.6 Å². The van der Waals surface area contributed by atoms with Gasteiger partial charge in [0.2, 0.25) is 0 Å². The Kier molecular flexibility index (Phi) is 5.47. The smallest absolute Gasteiger partial charge is 0.191 e. The molecule has 5 nitrogen and oxygen atoms in total. The lowest BCUT2D eigenvalue weighted by molar-refractivity contribution is 0.120. The maximum absolute atomic E-state index is 9.54. The summed E-state index contributed by atoms with van der Waals surface area (Å²) in [6, 6.07) is 2.51. The Hall–Kier alpha value is -1.49. The number of aryl methyl sites for hydroxylation is 1. The Morgan fingerprint density at radius 1 is 1.40 bits per heavy atom. The molecule has 1 aliphatic carbocycles. The number of guanidine groups is 1. The van der Waals surface area contributed by atoms with E-state index in [2.05, 4.69) is 34.8 Å².